The smallest absolute Gasteiger partial charge is 0.265 e. The molecule has 2 heterocycles. The summed E-state index contributed by atoms with van der Waals surface area (Å²) < 4.78 is 12.4. The van der Waals surface area contributed by atoms with Crippen LogP contribution in [0.3, 0.4) is 0 Å². The summed E-state index contributed by atoms with van der Waals surface area (Å²) in [5.41, 5.74) is 1.07. The van der Waals surface area contributed by atoms with E-state index in [9.17, 15) is 4.79 Å². The highest BCUT2D eigenvalue weighted by Gasteiger charge is 2.34. The molecule has 5 nitrogen and oxygen atoms in total. The first-order chi connectivity index (χ1) is 13.7. The molecule has 3 unspecified atom stereocenters. The van der Waals surface area contributed by atoms with Crippen molar-refractivity contribution in [1.29, 1.82) is 0 Å². The molecule has 28 heavy (non-hydrogen) atoms. The minimum Gasteiger partial charge on any atom is -0.477 e. The molecule has 0 bridgehead atoms. The number of hydrogen-bond donors (Lipinski definition) is 0. The molecule has 154 valence electrons. The van der Waals surface area contributed by atoms with Crippen molar-refractivity contribution >= 4 is 11.6 Å². The minimum atomic E-state index is -0.415. The third-order valence-corrected chi connectivity index (χ3v) is 6.53. The fourth-order valence-corrected chi connectivity index (χ4v) is 4.81. The third-order valence-electron chi connectivity index (χ3n) is 6.53. The van der Waals surface area contributed by atoms with Crippen LogP contribution in [0.1, 0.15) is 51.9 Å². The monoisotopic (exact) mass is 386 g/mol. The van der Waals surface area contributed by atoms with Crippen LogP contribution in [0.5, 0.6) is 5.75 Å². The predicted molar refractivity (Wildman–Crippen MR) is 111 cm³/mol. The Kier molecular flexibility index (Phi) is 6.40. The van der Waals surface area contributed by atoms with Gasteiger partial charge in [-0.2, -0.15) is 0 Å². The number of carbonyl (C=O) groups is 1. The summed E-state index contributed by atoms with van der Waals surface area (Å²) >= 11 is 0. The van der Waals surface area contributed by atoms with Gasteiger partial charge in [0.2, 0.25) is 0 Å². The molecule has 0 N–H and O–H groups in total. The zero-order valence-electron chi connectivity index (χ0n) is 17.1. The second kappa shape index (κ2) is 9.17. The van der Waals surface area contributed by atoms with Crippen molar-refractivity contribution in [2.45, 2.75) is 64.1 Å². The van der Waals surface area contributed by atoms with Crippen LogP contribution >= 0.6 is 0 Å². The van der Waals surface area contributed by atoms with Gasteiger partial charge in [-0.1, -0.05) is 31.9 Å². The molecule has 0 aromatic heterocycles. The van der Waals surface area contributed by atoms with E-state index >= 15 is 0 Å². The van der Waals surface area contributed by atoms with Gasteiger partial charge in [0.25, 0.3) is 5.91 Å². The van der Waals surface area contributed by atoms with Crippen LogP contribution in [0.2, 0.25) is 0 Å². The van der Waals surface area contributed by atoms with Gasteiger partial charge in [-0.05, 0) is 50.2 Å². The molecular weight excluding hydrogens is 352 g/mol. The van der Waals surface area contributed by atoms with Gasteiger partial charge in [-0.3, -0.25) is 4.79 Å². The van der Waals surface area contributed by atoms with Crippen molar-refractivity contribution in [2.75, 3.05) is 37.7 Å². The topological polar surface area (TPSA) is 42.0 Å². The van der Waals surface area contributed by atoms with E-state index in [1.165, 1.54) is 32.1 Å². The average molecular weight is 387 g/mol. The van der Waals surface area contributed by atoms with Crippen LogP contribution in [-0.4, -0.2) is 55.8 Å². The van der Waals surface area contributed by atoms with Gasteiger partial charge in [-0.15, -0.1) is 0 Å². The van der Waals surface area contributed by atoms with E-state index in [0.717, 1.165) is 43.9 Å². The summed E-state index contributed by atoms with van der Waals surface area (Å²) in [4.78, 5) is 17.3. The van der Waals surface area contributed by atoms with E-state index in [-0.39, 0.29) is 5.91 Å². The molecule has 2 aliphatic heterocycles. The molecule has 1 aliphatic carbocycles. The standard InChI is InChI=1S/C23H34N2O3/c1-18-9-3-5-11-20(18)27-16-15-25-17-22(23(26)24-13-7-2-8-14-24)28-21-12-6-4-10-19(21)25/h4,6,10,12,18,20,22H,2-3,5,7-9,11,13-17H2,1H3. The van der Waals surface area contributed by atoms with E-state index in [2.05, 4.69) is 17.9 Å². The van der Waals surface area contributed by atoms with Crippen molar-refractivity contribution in [1.82, 2.24) is 4.90 Å². The number of amides is 1. The minimum absolute atomic E-state index is 0.140. The number of para-hydroxylation sites is 2. The number of likely N-dealkylation sites (tertiary alicyclic amines) is 1. The number of rotatable bonds is 5. The summed E-state index contributed by atoms with van der Waals surface area (Å²) in [5, 5.41) is 0. The molecule has 4 rings (SSSR count). The molecular formula is C23H34N2O3. The summed E-state index contributed by atoms with van der Waals surface area (Å²) in [6, 6.07) is 8.07. The Labute approximate surface area is 169 Å². The van der Waals surface area contributed by atoms with Crippen LogP contribution < -0.4 is 9.64 Å². The molecule has 1 aromatic carbocycles. The maximum atomic E-state index is 13.0. The molecule has 2 fully saturated rings. The summed E-state index contributed by atoms with van der Waals surface area (Å²) in [6.07, 6.45) is 8.46. The highest BCUT2D eigenvalue weighted by Crippen LogP contribution is 2.34. The lowest BCUT2D eigenvalue weighted by molar-refractivity contribution is -0.139. The first-order valence-electron chi connectivity index (χ1n) is 11.1. The molecule has 3 atom stereocenters. The first-order valence-corrected chi connectivity index (χ1v) is 11.1. The van der Waals surface area contributed by atoms with Crippen molar-refractivity contribution in [3.05, 3.63) is 24.3 Å². The largest absolute Gasteiger partial charge is 0.477 e. The maximum absolute atomic E-state index is 13.0. The second-order valence-corrected chi connectivity index (χ2v) is 8.58. The number of hydrogen-bond acceptors (Lipinski definition) is 4. The lowest BCUT2D eigenvalue weighted by Crippen LogP contribution is -2.52. The fraction of sp³-hybridized carbons (Fsp3) is 0.696. The first kappa shape index (κ1) is 19.6. The van der Waals surface area contributed by atoms with Gasteiger partial charge in [0, 0.05) is 19.6 Å². The quantitative estimate of drug-likeness (QED) is 0.771. The number of ether oxygens (including phenoxy) is 2. The van der Waals surface area contributed by atoms with Gasteiger partial charge >= 0.3 is 0 Å². The predicted octanol–water partition coefficient (Wildman–Crippen LogP) is 3.86. The van der Waals surface area contributed by atoms with Crippen molar-refractivity contribution in [2.24, 2.45) is 5.92 Å². The summed E-state index contributed by atoms with van der Waals surface area (Å²) in [6.45, 7) is 6.14. The van der Waals surface area contributed by atoms with Crippen LogP contribution in [0.25, 0.3) is 0 Å². The molecule has 0 radical (unpaired) electrons. The zero-order chi connectivity index (χ0) is 19.3. The third kappa shape index (κ3) is 4.45. The van der Waals surface area contributed by atoms with Gasteiger partial charge in [0.05, 0.1) is 24.9 Å². The van der Waals surface area contributed by atoms with Crippen LogP contribution in [0, 0.1) is 5.92 Å². The molecule has 1 saturated carbocycles. The molecule has 1 saturated heterocycles. The highest BCUT2D eigenvalue weighted by atomic mass is 16.5. The van der Waals surface area contributed by atoms with E-state index in [4.69, 9.17) is 9.47 Å². The Hall–Kier alpha value is -1.75. The molecule has 1 amide bonds. The Balaban J connectivity index is 1.39. The Morgan fingerprint density at radius 3 is 2.71 bits per heavy atom. The second-order valence-electron chi connectivity index (χ2n) is 8.58. The molecule has 5 heteroatoms. The van der Waals surface area contributed by atoms with Crippen molar-refractivity contribution < 1.29 is 14.3 Å². The van der Waals surface area contributed by atoms with E-state index in [0.29, 0.717) is 25.2 Å². The Morgan fingerprint density at radius 2 is 1.89 bits per heavy atom. The van der Waals surface area contributed by atoms with Gasteiger partial charge < -0.3 is 19.3 Å². The zero-order valence-corrected chi connectivity index (χ0v) is 17.1. The SMILES string of the molecule is CC1CCCCC1OCCN1CC(C(=O)N2CCCCC2)Oc2ccccc21. The number of benzene rings is 1. The Bertz CT molecular complexity index is 659. The van der Waals surface area contributed by atoms with Crippen LogP contribution in [0.15, 0.2) is 24.3 Å². The fourth-order valence-electron chi connectivity index (χ4n) is 4.81. The lowest BCUT2D eigenvalue weighted by atomic mass is 9.88. The summed E-state index contributed by atoms with van der Waals surface area (Å²) in [7, 11) is 0. The number of fused-ring (bicyclic) bond motifs is 1. The number of piperidine rings is 1. The Morgan fingerprint density at radius 1 is 1.11 bits per heavy atom. The van der Waals surface area contributed by atoms with E-state index in [1.54, 1.807) is 0 Å². The van der Waals surface area contributed by atoms with Crippen LogP contribution in [0.4, 0.5) is 5.69 Å². The van der Waals surface area contributed by atoms with Gasteiger partial charge in [0.1, 0.15) is 5.75 Å². The number of carbonyl (C=O) groups excluding carboxylic acids is 1. The maximum Gasteiger partial charge on any atom is 0.265 e. The highest BCUT2D eigenvalue weighted by molar-refractivity contribution is 5.83. The lowest BCUT2D eigenvalue weighted by Gasteiger charge is -2.38. The number of nitrogens with zero attached hydrogens (tertiary/aromatic N) is 2. The van der Waals surface area contributed by atoms with Gasteiger partial charge in [0.15, 0.2) is 6.10 Å². The summed E-state index contributed by atoms with van der Waals surface area (Å²) in [5.74, 6) is 1.61. The van der Waals surface area contributed by atoms with E-state index < -0.39 is 6.10 Å². The van der Waals surface area contributed by atoms with Crippen LogP contribution in [-0.2, 0) is 9.53 Å². The molecule has 3 aliphatic rings. The number of anilines is 1. The molecule has 0 spiro atoms. The average Bonchev–Trinajstić information content (AvgIpc) is 2.75. The van der Waals surface area contributed by atoms with Gasteiger partial charge in [-0.25, -0.2) is 0 Å². The van der Waals surface area contributed by atoms with E-state index in [1.807, 2.05) is 23.1 Å². The normalized spacial score (nSPS) is 27.8. The van der Waals surface area contributed by atoms with Crippen molar-refractivity contribution in [3.8, 4) is 5.75 Å². The molecule has 1 aromatic rings. The van der Waals surface area contributed by atoms with Crippen molar-refractivity contribution in [3.63, 3.8) is 0 Å².